The molecule has 1 heterocycles. The molecule has 0 aliphatic rings. The first-order valence-corrected chi connectivity index (χ1v) is 5.01. The fourth-order valence-electron chi connectivity index (χ4n) is 1.11. The topological polar surface area (TPSA) is 75.5 Å². The predicted octanol–water partition coefficient (Wildman–Crippen LogP) is 0.786. The molecule has 0 fully saturated rings. The van der Waals surface area contributed by atoms with Crippen molar-refractivity contribution in [2.45, 2.75) is 13.3 Å². The monoisotopic (exact) mass is 225 g/mol. The first kappa shape index (κ1) is 12.2. The van der Waals surface area contributed by atoms with Gasteiger partial charge in [0.15, 0.2) is 0 Å². The molecule has 0 aliphatic heterocycles. The number of aromatic nitrogens is 2. The number of carboxylic acid groups (broad SMARTS) is 1. The van der Waals surface area contributed by atoms with Crippen molar-refractivity contribution >= 4 is 11.8 Å². The molecule has 0 bridgehead atoms. The Balaban J connectivity index is 2.69. The largest absolute Gasteiger partial charge is 0.480 e. The van der Waals surface area contributed by atoms with Crippen LogP contribution in [0.4, 0.5) is 5.82 Å². The van der Waals surface area contributed by atoms with Crippen molar-refractivity contribution in [1.82, 2.24) is 9.97 Å². The normalized spacial score (nSPS) is 9.88. The van der Waals surface area contributed by atoms with Gasteiger partial charge in [-0.2, -0.15) is 0 Å². The van der Waals surface area contributed by atoms with Crippen LogP contribution in [0.25, 0.3) is 0 Å². The number of nitrogens with zero attached hydrogens (tertiary/aromatic N) is 3. The third-order valence-corrected chi connectivity index (χ3v) is 1.85. The quantitative estimate of drug-likeness (QED) is 0.771. The highest BCUT2D eigenvalue weighted by Crippen LogP contribution is 2.14. The Bertz CT molecular complexity index is 357. The van der Waals surface area contributed by atoms with Gasteiger partial charge in [0.2, 0.25) is 5.88 Å². The molecule has 0 aromatic carbocycles. The Morgan fingerprint density at radius 3 is 2.94 bits per heavy atom. The number of rotatable bonds is 6. The minimum absolute atomic E-state index is 0.107. The molecule has 6 nitrogen and oxygen atoms in total. The zero-order valence-corrected chi connectivity index (χ0v) is 9.38. The molecule has 6 heteroatoms. The summed E-state index contributed by atoms with van der Waals surface area (Å²) in [5, 5.41) is 8.64. The van der Waals surface area contributed by atoms with Gasteiger partial charge in [-0.25, -0.2) is 9.97 Å². The van der Waals surface area contributed by atoms with E-state index < -0.39 is 5.97 Å². The van der Waals surface area contributed by atoms with E-state index in [0.29, 0.717) is 18.3 Å². The SMILES string of the molecule is CCCOc1cc(N(C)CC(=O)O)ncn1. The number of likely N-dealkylation sites (N-methyl/N-ethyl adjacent to an activating group) is 1. The van der Waals surface area contributed by atoms with Gasteiger partial charge in [0.1, 0.15) is 18.7 Å². The minimum Gasteiger partial charge on any atom is -0.480 e. The minimum atomic E-state index is -0.905. The van der Waals surface area contributed by atoms with E-state index in [9.17, 15) is 4.79 Å². The molecule has 0 saturated carbocycles. The maximum absolute atomic E-state index is 10.5. The van der Waals surface area contributed by atoms with E-state index in [4.69, 9.17) is 9.84 Å². The molecule has 1 N–H and O–H groups in total. The molecule has 0 radical (unpaired) electrons. The van der Waals surface area contributed by atoms with E-state index in [0.717, 1.165) is 6.42 Å². The van der Waals surface area contributed by atoms with E-state index in [1.807, 2.05) is 6.92 Å². The standard InChI is InChI=1S/C10H15N3O3/c1-3-4-16-9-5-8(11-7-12-9)13(2)6-10(14)15/h5,7H,3-4,6H2,1-2H3,(H,14,15). The van der Waals surface area contributed by atoms with E-state index in [2.05, 4.69) is 9.97 Å². The second-order valence-corrected chi connectivity index (χ2v) is 3.31. The van der Waals surface area contributed by atoms with Gasteiger partial charge in [-0.1, -0.05) is 6.92 Å². The van der Waals surface area contributed by atoms with Crippen LogP contribution in [0.5, 0.6) is 5.88 Å². The van der Waals surface area contributed by atoms with Crippen LogP contribution in [0.3, 0.4) is 0 Å². The summed E-state index contributed by atoms with van der Waals surface area (Å²) in [6.45, 7) is 2.47. The Labute approximate surface area is 93.9 Å². The van der Waals surface area contributed by atoms with Crippen molar-refractivity contribution in [1.29, 1.82) is 0 Å². The molecule has 0 unspecified atom stereocenters. The Hall–Kier alpha value is -1.85. The molecule has 0 spiro atoms. The smallest absolute Gasteiger partial charge is 0.323 e. The summed E-state index contributed by atoms with van der Waals surface area (Å²) in [5.74, 6) is 0.0877. The summed E-state index contributed by atoms with van der Waals surface area (Å²) < 4.78 is 5.33. The average molecular weight is 225 g/mol. The van der Waals surface area contributed by atoms with E-state index >= 15 is 0 Å². The summed E-state index contributed by atoms with van der Waals surface area (Å²) >= 11 is 0. The number of hydrogen-bond acceptors (Lipinski definition) is 5. The fourth-order valence-corrected chi connectivity index (χ4v) is 1.11. The van der Waals surface area contributed by atoms with Gasteiger partial charge in [-0.15, -0.1) is 0 Å². The Morgan fingerprint density at radius 2 is 2.31 bits per heavy atom. The van der Waals surface area contributed by atoms with Crippen molar-refractivity contribution in [3.05, 3.63) is 12.4 Å². The maximum atomic E-state index is 10.5. The van der Waals surface area contributed by atoms with Crippen LogP contribution in [0.1, 0.15) is 13.3 Å². The number of hydrogen-bond donors (Lipinski definition) is 1. The van der Waals surface area contributed by atoms with E-state index in [-0.39, 0.29) is 6.54 Å². The van der Waals surface area contributed by atoms with Crippen LogP contribution in [-0.4, -0.2) is 41.2 Å². The lowest BCUT2D eigenvalue weighted by molar-refractivity contribution is -0.135. The second-order valence-electron chi connectivity index (χ2n) is 3.31. The third-order valence-electron chi connectivity index (χ3n) is 1.85. The van der Waals surface area contributed by atoms with Gasteiger partial charge in [-0.05, 0) is 6.42 Å². The van der Waals surface area contributed by atoms with Gasteiger partial charge in [-0.3, -0.25) is 4.79 Å². The first-order chi connectivity index (χ1) is 7.63. The number of ether oxygens (including phenoxy) is 1. The highest BCUT2D eigenvalue weighted by Gasteiger charge is 2.08. The van der Waals surface area contributed by atoms with Crippen molar-refractivity contribution in [2.24, 2.45) is 0 Å². The lowest BCUT2D eigenvalue weighted by Gasteiger charge is -2.15. The summed E-state index contributed by atoms with van der Waals surface area (Å²) in [6.07, 6.45) is 2.25. The molecule has 16 heavy (non-hydrogen) atoms. The second kappa shape index (κ2) is 5.89. The Kier molecular flexibility index (Phi) is 4.50. The fraction of sp³-hybridized carbons (Fsp3) is 0.500. The zero-order valence-electron chi connectivity index (χ0n) is 9.38. The van der Waals surface area contributed by atoms with Gasteiger partial charge in [0.05, 0.1) is 6.61 Å². The molecule has 1 aromatic heterocycles. The van der Waals surface area contributed by atoms with Gasteiger partial charge in [0, 0.05) is 13.1 Å². The van der Waals surface area contributed by atoms with Crippen LogP contribution in [0.15, 0.2) is 12.4 Å². The molecule has 88 valence electrons. The van der Waals surface area contributed by atoms with Crippen LogP contribution in [0, 0.1) is 0 Å². The lowest BCUT2D eigenvalue weighted by Crippen LogP contribution is -2.25. The first-order valence-electron chi connectivity index (χ1n) is 5.01. The summed E-state index contributed by atoms with van der Waals surface area (Å²) in [6, 6.07) is 1.62. The Morgan fingerprint density at radius 1 is 1.56 bits per heavy atom. The summed E-state index contributed by atoms with van der Waals surface area (Å²) in [7, 11) is 1.65. The van der Waals surface area contributed by atoms with Crippen molar-refractivity contribution in [3.8, 4) is 5.88 Å². The maximum Gasteiger partial charge on any atom is 0.323 e. The number of carboxylic acids is 1. The van der Waals surface area contributed by atoms with Crippen LogP contribution in [-0.2, 0) is 4.79 Å². The van der Waals surface area contributed by atoms with Gasteiger partial charge < -0.3 is 14.7 Å². The number of anilines is 1. The zero-order chi connectivity index (χ0) is 12.0. The molecule has 0 amide bonds. The van der Waals surface area contributed by atoms with Gasteiger partial charge in [0.25, 0.3) is 0 Å². The molecule has 1 aromatic rings. The van der Waals surface area contributed by atoms with Crippen molar-refractivity contribution < 1.29 is 14.6 Å². The molecule has 1 rings (SSSR count). The van der Waals surface area contributed by atoms with Crippen LogP contribution >= 0.6 is 0 Å². The average Bonchev–Trinajstić information content (AvgIpc) is 2.26. The predicted molar refractivity (Wildman–Crippen MR) is 58.7 cm³/mol. The number of carbonyl (C=O) groups is 1. The van der Waals surface area contributed by atoms with Gasteiger partial charge >= 0.3 is 5.97 Å². The lowest BCUT2D eigenvalue weighted by atomic mass is 10.4. The molecule has 0 aliphatic carbocycles. The highest BCUT2D eigenvalue weighted by atomic mass is 16.5. The molecule has 0 saturated heterocycles. The highest BCUT2D eigenvalue weighted by molar-refractivity contribution is 5.72. The van der Waals surface area contributed by atoms with Crippen molar-refractivity contribution in [2.75, 3.05) is 25.1 Å². The summed E-state index contributed by atoms with van der Waals surface area (Å²) in [5.41, 5.74) is 0. The summed E-state index contributed by atoms with van der Waals surface area (Å²) in [4.78, 5) is 19.9. The molecule has 0 atom stereocenters. The number of aliphatic carboxylic acids is 1. The van der Waals surface area contributed by atoms with E-state index in [1.54, 1.807) is 13.1 Å². The van der Waals surface area contributed by atoms with Crippen LogP contribution in [0.2, 0.25) is 0 Å². The van der Waals surface area contributed by atoms with Crippen LogP contribution < -0.4 is 9.64 Å². The van der Waals surface area contributed by atoms with Crippen molar-refractivity contribution in [3.63, 3.8) is 0 Å². The third kappa shape index (κ3) is 3.72. The molecular formula is C10H15N3O3. The molecular weight excluding hydrogens is 210 g/mol. The van der Waals surface area contributed by atoms with E-state index in [1.165, 1.54) is 11.2 Å².